The summed E-state index contributed by atoms with van der Waals surface area (Å²) in [6, 6.07) is 0. The highest BCUT2D eigenvalue weighted by atomic mass is 79.9. The van der Waals surface area contributed by atoms with Gasteiger partial charge >= 0.3 is 0 Å². The van der Waals surface area contributed by atoms with Crippen LogP contribution in [0.2, 0.25) is 0 Å². The molecule has 1 N–H and O–H groups in total. The van der Waals surface area contributed by atoms with Crippen molar-refractivity contribution in [2.24, 2.45) is 0 Å². The van der Waals surface area contributed by atoms with Gasteiger partial charge in [0.2, 0.25) is 0 Å². The molecule has 68 valence electrons. The molecule has 0 aliphatic carbocycles. The van der Waals surface area contributed by atoms with Crippen LogP contribution in [0.15, 0.2) is 9.85 Å². The van der Waals surface area contributed by atoms with Gasteiger partial charge in [-0.25, -0.2) is 0 Å². The van der Waals surface area contributed by atoms with Crippen LogP contribution in [0, 0.1) is 6.92 Å². The molecule has 0 aliphatic heterocycles. The van der Waals surface area contributed by atoms with Gasteiger partial charge in [-0.3, -0.25) is 0 Å². The van der Waals surface area contributed by atoms with Gasteiger partial charge < -0.3 is 5.11 Å². The fourth-order valence-corrected chi connectivity index (χ4v) is 2.67. The van der Waals surface area contributed by atoms with E-state index in [1.54, 1.807) is 11.3 Å². The molecular formula is C9H13BrOS. The van der Waals surface area contributed by atoms with Crippen LogP contribution in [-0.4, -0.2) is 11.2 Å². The van der Waals surface area contributed by atoms with Crippen molar-refractivity contribution in [1.29, 1.82) is 0 Å². The second-order valence-corrected chi connectivity index (χ2v) is 4.80. The molecular weight excluding hydrogens is 236 g/mol. The Balaban J connectivity index is 2.58. The van der Waals surface area contributed by atoms with Gasteiger partial charge in [-0.2, -0.15) is 0 Å². The molecule has 0 fully saturated rings. The number of aliphatic hydroxyl groups is 1. The quantitative estimate of drug-likeness (QED) is 0.872. The molecule has 0 bridgehead atoms. The summed E-state index contributed by atoms with van der Waals surface area (Å²) < 4.78 is 1.22. The molecule has 1 nitrogen and oxygen atoms in total. The Morgan fingerprint density at radius 3 is 2.75 bits per heavy atom. The predicted molar refractivity (Wildman–Crippen MR) is 56.8 cm³/mol. The summed E-state index contributed by atoms with van der Waals surface area (Å²) in [6.07, 6.45) is 1.62. The molecule has 0 spiro atoms. The molecule has 0 amide bonds. The molecule has 3 heteroatoms. The molecule has 0 saturated heterocycles. The van der Waals surface area contributed by atoms with E-state index in [1.165, 1.54) is 14.9 Å². The van der Waals surface area contributed by atoms with E-state index >= 15 is 0 Å². The highest BCUT2D eigenvalue weighted by Gasteiger charge is 2.06. The Bertz CT molecular complexity index is 255. The van der Waals surface area contributed by atoms with Crippen LogP contribution in [0.1, 0.15) is 23.8 Å². The van der Waals surface area contributed by atoms with Crippen LogP contribution in [0.3, 0.4) is 0 Å². The topological polar surface area (TPSA) is 20.2 Å². The maximum Gasteiger partial charge on any atom is 0.0515 e. The van der Waals surface area contributed by atoms with Crippen molar-refractivity contribution < 1.29 is 5.11 Å². The molecule has 1 rings (SSSR count). The minimum atomic E-state index is -0.195. The van der Waals surface area contributed by atoms with E-state index in [0.29, 0.717) is 0 Å². The third-order valence-electron chi connectivity index (χ3n) is 1.76. The molecule has 1 heterocycles. The lowest BCUT2D eigenvalue weighted by molar-refractivity contribution is 0.185. The second kappa shape index (κ2) is 4.40. The molecule has 1 aromatic heterocycles. The third kappa shape index (κ3) is 2.57. The first-order valence-corrected chi connectivity index (χ1v) is 5.69. The summed E-state index contributed by atoms with van der Waals surface area (Å²) in [5.41, 5.74) is 1.29. The highest BCUT2D eigenvalue weighted by Crippen LogP contribution is 2.28. The zero-order chi connectivity index (χ0) is 9.14. The molecule has 12 heavy (non-hydrogen) atoms. The van der Waals surface area contributed by atoms with Crippen LogP contribution < -0.4 is 0 Å². The van der Waals surface area contributed by atoms with Gasteiger partial charge in [0.15, 0.2) is 0 Å². The van der Waals surface area contributed by atoms with Crippen molar-refractivity contribution in [3.8, 4) is 0 Å². The summed E-state index contributed by atoms with van der Waals surface area (Å²) >= 11 is 5.29. The van der Waals surface area contributed by atoms with Crippen LogP contribution in [0.25, 0.3) is 0 Å². The number of hydrogen-bond donors (Lipinski definition) is 1. The standard InChI is InChI=1S/C9H13BrOS/c1-6-5-12-8(9(6)10)4-3-7(2)11/h5,7,11H,3-4H2,1-2H3. The van der Waals surface area contributed by atoms with E-state index in [2.05, 4.69) is 28.2 Å². The molecule has 0 aromatic carbocycles. The van der Waals surface area contributed by atoms with Crippen LogP contribution in [0.5, 0.6) is 0 Å². The van der Waals surface area contributed by atoms with Crippen molar-refractivity contribution in [3.63, 3.8) is 0 Å². The highest BCUT2D eigenvalue weighted by molar-refractivity contribution is 9.10. The van der Waals surface area contributed by atoms with Crippen molar-refractivity contribution in [3.05, 3.63) is 20.3 Å². The lowest BCUT2D eigenvalue weighted by Crippen LogP contribution is -2.00. The molecule has 0 aliphatic rings. The van der Waals surface area contributed by atoms with E-state index in [4.69, 9.17) is 5.11 Å². The van der Waals surface area contributed by atoms with Crippen molar-refractivity contribution >= 4 is 27.3 Å². The first-order valence-electron chi connectivity index (χ1n) is 4.01. The summed E-state index contributed by atoms with van der Waals surface area (Å²) in [4.78, 5) is 1.34. The largest absolute Gasteiger partial charge is 0.393 e. The SMILES string of the molecule is Cc1csc(CCC(C)O)c1Br. The van der Waals surface area contributed by atoms with Crippen LogP contribution in [0.4, 0.5) is 0 Å². The molecule has 1 aromatic rings. The Labute approximate surface area is 85.6 Å². The normalized spacial score (nSPS) is 13.3. The Kier molecular flexibility index (Phi) is 3.75. The average Bonchev–Trinajstić information content (AvgIpc) is 2.30. The maximum atomic E-state index is 9.10. The zero-order valence-corrected chi connectivity index (χ0v) is 9.70. The summed E-state index contributed by atoms with van der Waals surface area (Å²) in [7, 11) is 0. The van der Waals surface area contributed by atoms with E-state index in [0.717, 1.165) is 12.8 Å². The van der Waals surface area contributed by atoms with E-state index < -0.39 is 0 Å². The monoisotopic (exact) mass is 248 g/mol. The van der Waals surface area contributed by atoms with E-state index in [1.807, 2.05) is 6.92 Å². The number of aryl methyl sites for hydroxylation is 2. The Hall–Kier alpha value is 0.140. The maximum absolute atomic E-state index is 9.10. The molecule has 0 radical (unpaired) electrons. The van der Waals surface area contributed by atoms with Gasteiger partial charge in [-0.05, 0) is 53.6 Å². The summed E-state index contributed by atoms with van der Waals surface area (Å²) in [6.45, 7) is 3.92. The van der Waals surface area contributed by atoms with Gasteiger partial charge in [0.25, 0.3) is 0 Å². The number of halogens is 1. The first kappa shape index (κ1) is 10.2. The van der Waals surface area contributed by atoms with Gasteiger partial charge in [-0.1, -0.05) is 0 Å². The molecule has 0 saturated carbocycles. The van der Waals surface area contributed by atoms with Crippen LogP contribution in [-0.2, 0) is 6.42 Å². The summed E-state index contributed by atoms with van der Waals surface area (Å²) in [5.74, 6) is 0. The fraction of sp³-hybridized carbons (Fsp3) is 0.556. The van der Waals surface area contributed by atoms with Crippen molar-refractivity contribution in [2.45, 2.75) is 32.8 Å². The van der Waals surface area contributed by atoms with Gasteiger partial charge in [-0.15, -0.1) is 11.3 Å². The van der Waals surface area contributed by atoms with Crippen molar-refractivity contribution in [1.82, 2.24) is 0 Å². The minimum Gasteiger partial charge on any atom is -0.393 e. The van der Waals surface area contributed by atoms with Crippen LogP contribution >= 0.6 is 27.3 Å². The number of thiophene rings is 1. The minimum absolute atomic E-state index is 0.195. The van der Waals surface area contributed by atoms with E-state index in [-0.39, 0.29) is 6.10 Å². The third-order valence-corrected chi connectivity index (χ3v) is 4.29. The zero-order valence-electron chi connectivity index (χ0n) is 7.30. The van der Waals surface area contributed by atoms with Gasteiger partial charge in [0.05, 0.1) is 6.10 Å². The fourth-order valence-electron chi connectivity index (χ4n) is 0.992. The van der Waals surface area contributed by atoms with E-state index in [9.17, 15) is 0 Å². The lowest BCUT2D eigenvalue weighted by atomic mass is 10.2. The Morgan fingerprint density at radius 1 is 1.67 bits per heavy atom. The number of rotatable bonds is 3. The molecule has 1 unspecified atom stereocenters. The van der Waals surface area contributed by atoms with Gasteiger partial charge in [0, 0.05) is 9.35 Å². The van der Waals surface area contributed by atoms with Crippen molar-refractivity contribution in [2.75, 3.05) is 0 Å². The molecule has 1 atom stereocenters. The number of aliphatic hydroxyl groups excluding tert-OH is 1. The Morgan fingerprint density at radius 2 is 2.33 bits per heavy atom. The number of hydrogen-bond acceptors (Lipinski definition) is 2. The lowest BCUT2D eigenvalue weighted by Gasteiger charge is -2.02. The smallest absolute Gasteiger partial charge is 0.0515 e. The summed E-state index contributed by atoms with van der Waals surface area (Å²) in [5, 5.41) is 11.2. The van der Waals surface area contributed by atoms with Gasteiger partial charge in [0.1, 0.15) is 0 Å². The first-order chi connectivity index (χ1) is 5.61. The average molecular weight is 249 g/mol. The predicted octanol–water partition coefficient (Wildman–Crippen LogP) is 3.13. The second-order valence-electron chi connectivity index (χ2n) is 3.04.